The Hall–Kier alpha value is -1.73. The van der Waals surface area contributed by atoms with Crippen LogP contribution in [0.2, 0.25) is 0 Å². The number of hydrogen-bond donors (Lipinski definition) is 3. The fourth-order valence-corrected chi connectivity index (χ4v) is 8.55. The Morgan fingerprint density at radius 1 is 1.23 bits per heavy atom. The van der Waals surface area contributed by atoms with Crippen LogP contribution in [0.15, 0.2) is 16.1 Å². The van der Waals surface area contributed by atoms with Gasteiger partial charge in [0.1, 0.15) is 0 Å². The first-order valence-electron chi connectivity index (χ1n) is 11.6. The molecule has 1 heterocycles. The van der Waals surface area contributed by atoms with Crippen LogP contribution in [-0.4, -0.2) is 48.6 Å². The molecule has 1 unspecified atom stereocenters. The van der Waals surface area contributed by atoms with Crippen molar-refractivity contribution in [1.29, 1.82) is 0 Å². The minimum Gasteiger partial charge on any atom is -0.545 e. The molecule has 2 spiro atoms. The first-order valence-corrected chi connectivity index (χ1v) is 11.6. The fourth-order valence-electron chi connectivity index (χ4n) is 8.55. The number of allylic oxidation sites excluding steroid dienone is 1. The van der Waals surface area contributed by atoms with Gasteiger partial charge in [0.25, 0.3) is 5.96 Å². The molecule has 5 aliphatic rings. The molecule has 7 nitrogen and oxygen atoms in total. The second-order valence-electron chi connectivity index (χ2n) is 10.4. The van der Waals surface area contributed by atoms with Gasteiger partial charge in [-0.1, -0.05) is 12.0 Å². The second kappa shape index (κ2) is 6.63. The van der Waals surface area contributed by atoms with Gasteiger partial charge in [0.15, 0.2) is 11.4 Å². The number of carbonyl (C=O) groups is 2. The number of Topliss-reactive ketones (excluding diaryl/α,β-unsaturated/α-hetero) is 1. The number of rotatable bonds is 1. The summed E-state index contributed by atoms with van der Waals surface area (Å²) in [5.74, 6) is -0.399. The summed E-state index contributed by atoms with van der Waals surface area (Å²) in [6, 6.07) is 0. The Kier molecular flexibility index (Phi) is 4.46. The third-order valence-corrected chi connectivity index (χ3v) is 9.57. The molecule has 0 aromatic carbocycles. The molecule has 3 bridgehead atoms. The van der Waals surface area contributed by atoms with E-state index in [2.05, 4.69) is 4.99 Å². The quantitative estimate of drug-likeness (QED) is 0.388. The zero-order valence-corrected chi connectivity index (χ0v) is 17.8. The van der Waals surface area contributed by atoms with Crippen LogP contribution in [0.3, 0.4) is 0 Å². The summed E-state index contributed by atoms with van der Waals surface area (Å²) in [5.41, 5.74) is 4.57. The average Bonchev–Trinajstić information content (AvgIpc) is 3.07. The van der Waals surface area contributed by atoms with Crippen molar-refractivity contribution in [2.24, 2.45) is 33.4 Å². The molecule has 7 heteroatoms. The predicted molar refractivity (Wildman–Crippen MR) is 108 cm³/mol. The van der Waals surface area contributed by atoms with E-state index in [1.54, 1.807) is 7.05 Å². The highest BCUT2D eigenvalue weighted by atomic mass is 16.4. The van der Waals surface area contributed by atoms with Crippen molar-refractivity contribution in [3.63, 3.8) is 0 Å². The molecule has 1 aliphatic heterocycles. The first kappa shape index (κ1) is 20.2. The molecule has 3 saturated carbocycles. The third kappa shape index (κ3) is 2.31. The smallest absolute Gasteiger partial charge is 0.293 e. The van der Waals surface area contributed by atoms with E-state index in [4.69, 9.17) is 5.73 Å². The molecule has 0 amide bonds. The van der Waals surface area contributed by atoms with E-state index >= 15 is 0 Å². The van der Waals surface area contributed by atoms with Gasteiger partial charge in [0.2, 0.25) is 0 Å². The predicted octanol–water partition coefficient (Wildman–Crippen LogP) is -0.663. The van der Waals surface area contributed by atoms with Gasteiger partial charge < -0.3 is 20.7 Å². The molecule has 0 aromatic rings. The maximum absolute atomic E-state index is 13.1. The third-order valence-electron chi connectivity index (χ3n) is 9.57. The number of aliphatic imine (C=N–C) groups is 1. The summed E-state index contributed by atoms with van der Waals surface area (Å²) in [5, 5.41) is 24.0. The summed E-state index contributed by atoms with van der Waals surface area (Å²) < 4.78 is 0. The van der Waals surface area contributed by atoms with Crippen molar-refractivity contribution in [2.45, 2.75) is 69.8 Å². The molecule has 0 aromatic heterocycles. The van der Waals surface area contributed by atoms with Gasteiger partial charge in [0.05, 0.1) is 19.1 Å². The number of likely N-dealkylation sites (tertiary alicyclic amines) is 1. The van der Waals surface area contributed by atoms with Crippen LogP contribution in [0.5, 0.6) is 0 Å². The zero-order chi connectivity index (χ0) is 21.3. The lowest BCUT2D eigenvalue weighted by molar-refractivity contribution is -0.826. The van der Waals surface area contributed by atoms with Gasteiger partial charge in [0, 0.05) is 29.9 Å². The SMILES string of the molecule is CN=C(N)[NH+]1CCC[C@@]2(C1)[C@@H]1CC[C@H]3CCCCC(=O)[C@]4(O)C[C@@]32C(=C4C(=O)[O-])C1. The Bertz CT molecular complexity index is 867. The van der Waals surface area contributed by atoms with E-state index in [-0.39, 0.29) is 29.6 Å². The maximum Gasteiger partial charge on any atom is 0.293 e. The van der Waals surface area contributed by atoms with Crippen LogP contribution < -0.4 is 15.7 Å². The van der Waals surface area contributed by atoms with Crippen molar-refractivity contribution >= 4 is 17.7 Å². The molecule has 1 saturated heterocycles. The summed E-state index contributed by atoms with van der Waals surface area (Å²) >= 11 is 0. The number of quaternary nitrogens is 1. The van der Waals surface area contributed by atoms with Crippen LogP contribution in [0.25, 0.3) is 0 Å². The van der Waals surface area contributed by atoms with Gasteiger partial charge in [-0.2, -0.15) is 0 Å². The Labute approximate surface area is 177 Å². The van der Waals surface area contributed by atoms with Gasteiger partial charge in [-0.3, -0.25) is 9.69 Å². The molecule has 4 N–H and O–H groups in total. The zero-order valence-electron chi connectivity index (χ0n) is 17.8. The Balaban J connectivity index is 1.74. The lowest BCUT2D eigenvalue weighted by atomic mass is 9.47. The van der Waals surface area contributed by atoms with Crippen molar-refractivity contribution in [3.8, 4) is 0 Å². The molecule has 30 heavy (non-hydrogen) atoms. The highest BCUT2D eigenvalue weighted by Crippen LogP contribution is 2.76. The number of nitrogens with zero attached hydrogens (tertiary/aromatic N) is 1. The molecule has 5 rings (SSSR count). The highest BCUT2D eigenvalue weighted by molar-refractivity contribution is 6.03. The minimum absolute atomic E-state index is 0.0765. The lowest BCUT2D eigenvalue weighted by Gasteiger charge is -2.57. The van der Waals surface area contributed by atoms with Gasteiger partial charge in [-0.25, -0.2) is 4.99 Å². The molecule has 6 atom stereocenters. The Morgan fingerprint density at radius 2 is 2.00 bits per heavy atom. The van der Waals surface area contributed by atoms with Gasteiger partial charge in [-0.15, -0.1) is 0 Å². The van der Waals surface area contributed by atoms with Crippen molar-refractivity contribution in [2.75, 3.05) is 20.1 Å². The van der Waals surface area contributed by atoms with Crippen molar-refractivity contribution in [3.05, 3.63) is 11.1 Å². The van der Waals surface area contributed by atoms with E-state index in [0.717, 1.165) is 57.2 Å². The largest absolute Gasteiger partial charge is 0.545 e. The number of nitrogens with one attached hydrogen (secondary N) is 1. The second-order valence-corrected chi connectivity index (χ2v) is 10.4. The topological polar surface area (TPSA) is 120 Å². The molecular weight excluding hydrogens is 382 g/mol. The Morgan fingerprint density at radius 3 is 2.73 bits per heavy atom. The van der Waals surface area contributed by atoms with Gasteiger partial charge >= 0.3 is 0 Å². The summed E-state index contributed by atoms with van der Waals surface area (Å²) in [7, 11) is 1.72. The highest BCUT2D eigenvalue weighted by Gasteiger charge is 2.75. The van der Waals surface area contributed by atoms with E-state index in [1.807, 2.05) is 0 Å². The summed E-state index contributed by atoms with van der Waals surface area (Å²) in [6.07, 6.45) is 7.94. The normalized spacial score (nSPS) is 46.0. The molecule has 4 fully saturated rings. The number of nitrogens with two attached hydrogens (primary N) is 1. The molecule has 164 valence electrons. The number of ketones is 1. The maximum atomic E-state index is 13.1. The van der Waals surface area contributed by atoms with E-state index in [9.17, 15) is 19.8 Å². The molecule has 0 radical (unpaired) electrons. The van der Waals surface area contributed by atoms with E-state index in [1.165, 1.54) is 4.90 Å². The standard InChI is InChI=1S/C23H33N3O4/c1-25-20(24)26-10-4-9-21(13-26)15-8-7-14-5-2-3-6-17(27)23(30)12-22(14,21)16(11-15)18(23)19(28)29/h14-15,30H,2-13H2,1H3,(H2,24,25)(H,28,29)/t14-,15-,21-,22+,23-/m1/s1. The van der Waals surface area contributed by atoms with E-state index < -0.39 is 17.0 Å². The van der Waals surface area contributed by atoms with Gasteiger partial charge in [-0.05, 0) is 63.2 Å². The summed E-state index contributed by atoms with van der Waals surface area (Å²) in [6.45, 7) is 1.74. The average molecular weight is 416 g/mol. The van der Waals surface area contributed by atoms with Crippen LogP contribution in [0.4, 0.5) is 0 Å². The number of aliphatic carboxylic acids is 1. The van der Waals surface area contributed by atoms with Crippen molar-refractivity contribution < 1.29 is 24.7 Å². The minimum atomic E-state index is -1.89. The molecule has 4 aliphatic carbocycles. The molecular formula is C23H33N3O4. The summed E-state index contributed by atoms with van der Waals surface area (Å²) in [4.78, 5) is 30.9. The number of fused-ring (bicyclic) bond motifs is 1. The number of carbonyl (C=O) groups excluding carboxylic acids is 2. The van der Waals surface area contributed by atoms with Crippen LogP contribution >= 0.6 is 0 Å². The lowest BCUT2D eigenvalue weighted by Crippen LogP contribution is -3.18. The van der Waals surface area contributed by atoms with Crippen LogP contribution in [0.1, 0.15) is 64.2 Å². The monoisotopic (exact) mass is 415 g/mol. The number of carboxylic acid groups (broad SMARTS) is 1. The number of guanidine groups is 1. The fraction of sp³-hybridized carbons (Fsp3) is 0.783. The van der Waals surface area contributed by atoms with E-state index in [0.29, 0.717) is 30.6 Å². The number of aliphatic hydroxyl groups is 1. The number of hydrogen-bond acceptors (Lipinski definition) is 5. The van der Waals surface area contributed by atoms with Crippen LogP contribution in [-0.2, 0) is 9.59 Å². The number of piperidine rings is 1. The number of carboxylic acids is 1. The van der Waals surface area contributed by atoms with Crippen molar-refractivity contribution in [1.82, 2.24) is 0 Å². The van der Waals surface area contributed by atoms with Crippen LogP contribution in [0, 0.1) is 22.7 Å². The first-order chi connectivity index (χ1) is 14.3.